The van der Waals surface area contributed by atoms with Crippen molar-refractivity contribution < 1.29 is 14.1 Å². The summed E-state index contributed by atoms with van der Waals surface area (Å²) < 4.78 is 15.3. The molecule has 5 nitrogen and oxygen atoms in total. The Balaban J connectivity index is 1.90. The van der Waals surface area contributed by atoms with Gasteiger partial charge in [0.1, 0.15) is 11.9 Å². The highest BCUT2D eigenvalue weighted by Crippen LogP contribution is 2.25. The fourth-order valence-corrected chi connectivity index (χ4v) is 3.44. The number of nitrogens with one attached hydrogen (secondary N) is 1. The predicted molar refractivity (Wildman–Crippen MR) is 104 cm³/mol. The Morgan fingerprint density at radius 3 is 2.41 bits per heavy atom. The monoisotopic (exact) mass is 385 g/mol. The van der Waals surface area contributed by atoms with Crippen LogP contribution in [0.2, 0.25) is 0 Å². The number of rotatable bonds is 7. The van der Waals surface area contributed by atoms with E-state index in [-0.39, 0.29) is 23.4 Å². The fourth-order valence-electron chi connectivity index (χ4n) is 2.58. The standard InChI is InChI=1S/C20H21FN4OS/c1-14(24(2)3)19-22-23-20(25(19)17-11-9-16(21)10-12-17)27-13-18(26)15-7-5-4-6-8-15/h4-12,14H,13H2,1-3H3/p+1/t14-/m0/s1. The third kappa shape index (κ3) is 4.43. The molecule has 0 saturated heterocycles. The number of carbonyl (C=O) groups is 1. The van der Waals surface area contributed by atoms with Gasteiger partial charge >= 0.3 is 0 Å². The number of hydrogen-bond donors (Lipinski definition) is 1. The molecule has 0 aliphatic heterocycles. The summed E-state index contributed by atoms with van der Waals surface area (Å²) in [5, 5.41) is 9.27. The molecule has 0 unspecified atom stereocenters. The van der Waals surface area contributed by atoms with E-state index >= 15 is 0 Å². The third-order valence-electron chi connectivity index (χ3n) is 4.42. The lowest BCUT2D eigenvalue weighted by atomic mass is 10.2. The number of nitrogens with zero attached hydrogens (tertiary/aromatic N) is 3. The summed E-state index contributed by atoms with van der Waals surface area (Å²) >= 11 is 1.34. The van der Waals surface area contributed by atoms with Crippen molar-refractivity contribution >= 4 is 17.5 Å². The Labute approximate surface area is 162 Å². The van der Waals surface area contributed by atoms with Gasteiger partial charge in [0.15, 0.2) is 16.8 Å². The van der Waals surface area contributed by atoms with Gasteiger partial charge in [-0.3, -0.25) is 9.36 Å². The summed E-state index contributed by atoms with van der Waals surface area (Å²) in [6, 6.07) is 15.5. The van der Waals surface area contributed by atoms with Crippen LogP contribution in [0.4, 0.5) is 4.39 Å². The van der Waals surface area contributed by atoms with E-state index in [1.807, 2.05) is 36.9 Å². The van der Waals surface area contributed by atoms with Crippen molar-refractivity contribution in [3.05, 3.63) is 71.8 Å². The topological polar surface area (TPSA) is 52.2 Å². The first-order valence-corrected chi connectivity index (χ1v) is 9.68. The first kappa shape index (κ1) is 19.3. The fraction of sp³-hybridized carbons (Fsp3) is 0.250. The van der Waals surface area contributed by atoms with Crippen LogP contribution in [0.5, 0.6) is 0 Å². The Kier molecular flexibility index (Phi) is 6.03. The van der Waals surface area contributed by atoms with Crippen LogP contribution in [0.25, 0.3) is 5.69 Å². The molecule has 0 aliphatic carbocycles. The zero-order chi connectivity index (χ0) is 19.4. The lowest BCUT2D eigenvalue weighted by Gasteiger charge is -2.18. The van der Waals surface area contributed by atoms with E-state index < -0.39 is 0 Å². The quantitative estimate of drug-likeness (QED) is 0.502. The minimum absolute atomic E-state index is 0.0297. The maximum absolute atomic E-state index is 13.4. The molecule has 2 aromatic carbocycles. The van der Waals surface area contributed by atoms with Crippen molar-refractivity contribution in [1.29, 1.82) is 0 Å². The van der Waals surface area contributed by atoms with Gasteiger partial charge in [-0.15, -0.1) is 10.2 Å². The van der Waals surface area contributed by atoms with Crippen molar-refractivity contribution in [1.82, 2.24) is 14.8 Å². The lowest BCUT2D eigenvalue weighted by molar-refractivity contribution is -0.890. The van der Waals surface area contributed by atoms with Gasteiger partial charge in [0.2, 0.25) is 0 Å². The number of hydrogen-bond acceptors (Lipinski definition) is 4. The number of Topliss-reactive ketones (excluding diaryl/α,β-unsaturated/α-hetero) is 1. The zero-order valence-electron chi connectivity index (χ0n) is 15.5. The first-order valence-electron chi connectivity index (χ1n) is 8.69. The van der Waals surface area contributed by atoms with Crippen LogP contribution < -0.4 is 4.90 Å². The lowest BCUT2D eigenvalue weighted by Crippen LogP contribution is -3.05. The molecule has 7 heteroatoms. The number of benzene rings is 2. The summed E-state index contributed by atoms with van der Waals surface area (Å²) in [4.78, 5) is 13.6. The van der Waals surface area contributed by atoms with E-state index in [4.69, 9.17) is 0 Å². The van der Waals surface area contributed by atoms with E-state index in [0.29, 0.717) is 10.7 Å². The molecular weight excluding hydrogens is 363 g/mol. The molecule has 3 aromatic rings. The Morgan fingerprint density at radius 2 is 1.78 bits per heavy atom. The molecule has 3 rings (SSSR count). The molecule has 1 N–H and O–H groups in total. The molecule has 0 fully saturated rings. The summed E-state index contributed by atoms with van der Waals surface area (Å²) in [5.41, 5.74) is 1.45. The van der Waals surface area contributed by atoms with Crippen LogP contribution in [0.3, 0.4) is 0 Å². The number of aromatic nitrogens is 3. The summed E-state index contributed by atoms with van der Waals surface area (Å²) in [6.45, 7) is 2.06. The van der Waals surface area contributed by atoms with Crippen LogP contribution in [0, 0.1) is 5.82 Å². The first-order chi connectivity index (χ1) is 13.0. The number of thioether (sulfide) groups is 1. The molecule has 140 valence electrons. The Morgan fingerprint density at radius 1 is 1.11 bits per heavy atom. The van der Waals surface area contributed by atoms with Crippen molar-refractivity contribution in [2.75, 3.05) is 19.8 Å². The maximum atomic E-state index is 13.4. The van der Waals surface area contributed by atoms with E-state index in [1.165, 1.54) is 28.8 Å². The molecule has 0 saturated carbocycles. The molecule has 0 amide bonds. The van der Waals surface area contributed by atoms with Crippen LogP contribution >= 0.6 is 11.8 Å². The van der Waals surface area contributed by atoms with Crippen LogP contribution in [-0.4, -0.2) is 40.4 Å². The summed E-state index contributed by atoms with van der Waals surface area (Å²) in [7, 11) is 4.08. The molecular formula is C20H22FN4OS+. The van der Waals surface area contributed by atoms with E-state index in [2.05, 4.69) is 17.1 Å². The predicted octanol–water partition coefficient (Wildman–Crippen LogP) is 2.59. The number of quaternary nitrogens is 1. The Bertz CT molecular complexity index is 909. The summed E-state index contributed by atoms with van der Waals surface area (Å²) in [6.07, 6.45) is 0. The number of ketones is 1. The SMILES string of the molecule is C[C@@H](c1nnc(SCC(=O)c2ccccc2)n1-c1ccc(F)cc1)[NH+](C)C. The number of carbonyl (C=O) groups excluding carboxylic acids is 1. The minimum Gasteiger partial charge on any atom is -0.331 e. The third-order valence-corrected chi connectivity index (χ3v) is 5.35. The van der Waals surface area contributed by atoms with E-state index in [9.17, 15) is 9.18 Å². The van der Waals surface area contributed by atoms with Gasteiger partial charge in [-0.2, -0.15) is 0 Å². The highest BCUT2D eigenvalue weighted by molar-refractivity contribution is 7.99. The maximum Gasteiger partial charge on any atom is 0.196 e. The van der Waals surface area contributed by atoms with Gasteiger partial charge in [0.05, 0.1) is 19.8 Å². The molecule has 0 spiro atoms. The van der Waals surface area contributed by atoms with Gasteiger partial charge in [-0.05, 0) is 31.2 Å². The van der Waals surface area contributed by atoms with Crippen molar-refractivity contribution in [3.63, 3.8) is 0 Å². The van der Waals surface area contributed by atoms with Gasteiger partial charge < -0.3 is 4.90 Å². The zero-order valence-corrected chi connectivity index (χ0v) is 16.3. The van der Waals surface area contributed by atoms with E-state index in [0.717, 1.165) is 11.5 Å². The second kappa shape index (κ2) is 8.45. The van der Waals surface area contributed by atoms with Gasteiger partial charge in [-0.1, -0.05) is 42.1 Å². The second-order valence-electron chi connectivity index (χ2n) is 6.53. The van der Waals surface area contributed by atoms with Gasteiger partial charge in [-0.25, -0.2) is 4.39 Å². The van der Waals surface area contributed by atoms with E-state index in [1.54, 1.807) is 24.3 Å². The van der Waals surface area contributed by atoms with Crippen molar-refractivity contribution in [2.24, 2.45) is 0 Å². The average Bonchev–Trinajstić information content (AvgIpc) is 3.10. The molecule has 0 aliphatic rings. The molecule has 1 heterocycles. The van der Waals surface area contributed by atoms with Crippen molar-refractivity contribution in [3.8, 4) is 5.69 Å². The highest BCUT2D eigenvalue weighted by atomic mass is 32.2. The minimum atomic E-state index is -0.298. The molecule has 1 aromatic heterocycles. The van der Waals surface area contributed by atoms with Crippen LogP contribution in [-0.2, 0) is 0 Å². The molecule has 0 bridgehead atoms. The van der Waals surface area contributed by atoms with Crippen LogP contribution in [0.1, 0.15) is 29.1 Å². The number of halogens is 1. The van der Waals surface area contributed by atoms with Crippen LogP contribution in [0.15, 0.2) is 59.8 Å². The smallest absolute Gasteiger partial charge is 0.196 e. The molecule has 27 heavy (non-hydrogen) atoms. The van der Waals surface area contributed by atoms with Gasteiger partial charge in [0, 0.05) is 11.3 Å². The van der Waals surface area contributed by atoms with Crippen molar-refractivity contribution in [2.45, 2.75) is 18.1 Å². The average molecular weight is 385 g/mol. The molecule has 1 atom stereocenters. The Hall–Kier alpha value is -2.51. The second-order valence-corrected chi connectivity index (χ2v) is 7.47. The highest BCUT2D eigenvalue weighted by Gasteiger charge is 2.24. The molecule has 0 radical (unpaired) electrons. The summed E-state index contributed by atoms with van der Waals surface area (Å²) in [5.74, 6) is 0.762. The normalized spacial score (nSPS) is 12.3. The van der Waals surface area contributed by atoms with Gasteiger partial charge in [0.25, 0.3) is 0 Å². The largest absolute Gasteiger partial charge is 0.331 e.